The van der Waals surface area contributed by atoms with Crippen LogP contribution >= 0.6 is 23.2 Å². The summed E-state index contributed by atoms with van der Waals surface area (Å²) >= 11 is 11.0. The number of urea groups is 1. The van der Waals surface area contributed by atoms with E-state index < -0.39 is 0 Å². The minimum atomic E-state index is -0.372. The quantitative estimate of drug-likeness (QED) is 0.796. The number of carbonyl (C=O) groups excluding carboxylic acids is 1. The van der Waals surface area contributed by atoms with E-state index in [2.05, 4.69) is 20.3 Å². The first kappa shape index (κ1) is 10.9. The third-order valence-corrected chi connectivity index (χ3v) is 1.54. The van der Waals surface area contributed by atoms with E-state index >= 15 is 0 Å². The Kier molecular flexibility index (Phi) is 3.43. The van der Waals surface area contributed by atoms with Crippen LogP contribution in [0.5, 0.6) is 0 Å². The smallest absolute Gasteiger partial charge is 0.323 e. The number of nitrogens with zero attached hydrogens (tertiary/aromatic N) is 4. The largest absolute Gasteiger partial charge is 0.331 e. The highest BCUT2D eigenvalue weighted by molar-refractivity contribution is 6.31. The van der Waals surface area contributed by atoms with Crippen molar-refractivity contribution in [3.05, 3.63) is 10.6 Å². The van der Waals surface area contributed by atoms with Crippen LogP contribution in [0.25, 0.3) is 0 Å². The maximum Gasteiger partial charge on any atom is 0.323 e. The van der Waals surface area contributed by atoms with E-state index in [0.717, 1.165) is 0 Å². The standard InChI is InChI=1S/C6H7Cl2N5O/c1-13(2)6(14)12-5-10-3(7)9-4(8)11-5/h1-2H3,(H,9,10,11,12,14). The summed E-state index contributed by atoms with van der Waals surface area (Å²) in [6.07, 6.45) is 0. The number of hydrogen-bond donors (Lipinski definition) is 1. The van der Waals surface area contributed by atoms with E-state index in [0.29, 0.717) is 0 Å². The minimum Gasteiger partial charge on any atom is -0.331 e. The van der Waals surface area contributed by atoms with Gasteiger partial charge in [0, 0.05) is 14.1 Å². The molecule has 1 N–H and O–H groups in total. The lowest BCUT2D eigenvalue weighted by Gasteiger charge is -2.10. The molecule has 0 aliphatic carbocycles. The van der Waals surface area contributed by atoms with E-state index in [1.807, 2.05) is 0 Å². The Balaban J connectivity index is 2.82. The van der Waals surface area contributed by atoms with Crippen LogP contribution in [-0.2, 0) is 0 Å². The van der Waals surface area contributed by atoms with Crippen LogP contribution in [-0.4, -0.2) is 40.0 Å². The summed E-state index contributed by atoms with van der Waals surface area (Å²) in [6.45, 7) is 0. The molecular weight excluding hydrogens is 229 g/mol. The summed E-state index contributed by atoms with van der Waals surface area (Å²) in [5.41, 5.74) is 0. The van der Waals surface area contributed by atoms with Crippen molar-refractivity contribution in [1.29, 1.82) is 0 Å². The molecule has 0 aromatic carbocycles. The van der Waals surface area contributed by atoms with Crippen molar-refractivity contribution in [2.24, 2.45) is 0 Å². The van der Waals surface area contributed by atoms with Gasteiger partial charge >= 0.3 is 6.03 Å². The molecule has 14 heavy (non-hydrogen) atoms. The first-order valence-electron chi connectivity index (χ1n) is 3.54. The Hall–Kier alpha value is -1.14. The fraction of sp³-hybridized carbons (Fsp3) is 0.333. The maximum atomic E-state index is 11.2. The van der Waals surface area contributed by atoms with E-state index in [9.17, 15) is 4.79 Å². The van der Waals surface area contributed by atoms with E-state index in [-0.39, 0.29) is 22.5 Å². The second kappa shape index (κ2) is 4.39. The van der Waals surface area contributed by atoms with Gasteiger partial charge in [-0.1, -0.05) is 0 Å². The molecule has 1 aromatic heterocycles. The number of rotatable bonds is 1. The maximum absolute atomic E-state index is 11.2. The highest BCUT2D eigenvalue weighted by Crippen LogP contribution is 2.09. The van der Waals surface area contributed by atoms with Gasteiger partial charge in [0.05, 0.1) is 0 Å². The van der Waals surface area contributed by atoms with Crippen molar-refractivity contribution in [2.45, 2.75) is 0 Å². The fourth-order valence-corrected chi connectivity index (χ4v) is 0.953. The predicted octanol–water partition coefficient (Wildman–Crippen LogP) is 1.27. The van der Waals surface area contributed by atoms with Gasteiger partial charge in [0.1, 0.15) is 0 Å². The average molecular weight is 236 g/mol. The van der Waals surface area contributed by atoms with E-state index in [1.54, 1.807) is 14.1 Å². The first-order chi connectivity index (χ1) is 6.49. The third-order valence-electron chi connectivity index (χ3n) is 1.21. The molecule has 0 radical (unpaired) electrons. The molecule has 1 rings (SSSR count). The summed E-state index contributed by atoms with van der Waals surface area (Å²) < 4.78 is 0. The molecule has 1 aromatic rings. The van der Waals surface area contributed by atoms with Crippen LogP contribution in [0.15, 0.2) is 0 Å². The molecule has 76 valence electrons. The van der Waals surface area contributed by atoms with Gasteiger partial charge in [0.2, 0.25) is 16.5 Å². The number of hydrogen-bond acceptors (Lipinski definition) is 4. The van der Waals surface area contributed by atoms with Crippen LogP contribution in [0, 0.1) is 0 Å². The molecule has 0 saturated carbocycles. The van der Waals surface area contributed by atoms with Gasteiger partial charge in [-0.3, -0.25) is 5.32 Å². The zero-order valence-corrected chi connectivity index (χ0v) is 8.96. The lowest BCUT2D eigenvalue weighted by molar-refractivity contribution is 0.230. The molecule has 0 spiro atoms. The molecule has 2 amide bonds. The zero-order chi connectivity index (χ0) is 10.7. The molecule has 0 atom stereocenters. The molecule has 8 heteroatoms. The van der Waals surface area contributed by atoms with Gasteiger partial charge in [-0.2, -0.15) is 15.0 Å². The second-order valence-corrected chi connectivity index (χ2v) is 3.20. The number of halogens is 2. The highest BCUT2D eigenvalue weighted by Gasteiger charge is 2.08. The van der Waals surface area contributed by atoms with Gasteiger partial charge < -0.3 is 4.90 Å². The van der Waals surface area contributed by atoms with Gasteiger partial charge in [0.15, 0.2) is 0 Å². The van der Waals surface area contributed by atoms with Crippen molar-refractivity contribution in [2.75, 3.05) is 19.4 Å². The van der Waals surface area contributed by atoms with Gasteiger partial charge in [-0.25, -0.2) is 4.79 Å². The third kappa shape index (κ3) is 2.97. The van der Waals surface area contributed by atoms with Crippen LogP contribution in [0.2, 0.25) is 10.6 Å². The van der Waals surface area contributed by atoms with E-state index in [1.165, 1.54) is 4.90 Å². The number of carbonyl (C=O) groups is 1. The SMILES string of the molecule is CN(C)C(=O)Nc1nc(Cl)nc(Cl)n1. The number of amides is 2. The average Bonchev–Trinajstić information content (AvgIpc) is 2.01. The molecule has 6 nitrogen and oxygen atoms in total. The minimum absolute atomic E-state index is 0.0219. The zero-order valence-electron chi connectivity index (χ0n) is 7.45. The molecule has 0 unspecified atom stereocenters. The molecule has 0 aliphatic heterocycles. The normalized spacial score (nSPS) is 9.71. The number of nitrogens with one attached hydrogen (secondary N) is 1. The Bertz CT molecular complexity index is 336. The predicted molar refractivity (Wildman–Crippen MR) is 52.6 cm³/mol. The molecule has 0 aliphatic rings. The number of anilines is 1. The van der Waals surface area contributed by atoms with Crippen LogP contribution in [0.4, 0.5) is 10.7 Å². The summed E-state index contributed by atoms with van der Waals surface area (Å²) in [7, 11) is 3.17. The van der Waals surface area contributed by atoms with Gasteiger partial charge in [-0.05, 0) is 23.2 Å². The van der Waals surface area contributed by atoms with Gasteiger partial charge in [-0.15, -0.1) is 0 Å². The highest BCUT2D eigenvalue weighted by atomic mass is 35.5. The molecule has 1 heterocycles. The van der Waals surface area contributed by atoms with Crippen LogP contribution in [0.3, 0.4) is 0 Å². The van der Waals surface area contributed by atoms with Gasteiger partial charge in [0.25, 0.3) is 0 Å². The summed E-state index contributed by atoms with van der Waals surface area (Å²) in [5.74, 6) is 0.0219. The molecular formula is C6H7Cl2N5O. The number of aromatic nitrogens is 3. The van der Waals surface area contributed by atoms with Crippen molar-refractivity contribution in [1.82, 2.24) is 19.9 Å². The lowest BCUT2D eigenvalue weighted by atomic mass is 10.8. The fourth-order valence-electron chi connectivity index (χ4n) is 0.589. The Morgan fingerprint density at radius 3 is 2.14 bits per heavy atom. The topological polar surface area (TPSA) is 71.0 Å². The second-order valence-electron chi connectivity index (χ2n) is 2.52. The molecule has 0 saturated heterocycles. The summed E-state index contributed by atoms with van der Waals surface area (Å²) in [5, 5.41) is 2.24. The van der Waals surface area contributed by atoms with Crippen molar-refractivity contribution in [3.8, 4) is 0 Å². The van der Waals surface area contributed by atoms with Crippen LogP contribution in [0.1, 0.15) is 0 Å². The Labute approximate surface area is 90.3 Å². The van der Waals surface area contributed by atoms with Crippen molar-refractivity contribution < 1.29 is 4.79 Å². The Morgan fingerprint density at radius 1 is 1.21 bits per heavy atom. The molecule has 0 fully saturated rings. The Morgan fingerprint density at radius 2 is 1.71 bits per heavy atom. The van der Waals surface area contributed by atoms with Crippen molar-refractivity contribution in [3.63, 3.8) is 0 Å². The van der Waals surface area contributed by atoms with Crippen molar-refractivity contribution >= 4 is 35.2 Å². The monoisotopic (exact) mass is 235 g/mol. The van der Waals surface area contributed by atoms with E-state index in [4.69, 9.17) is 23.2 Å². The van der Waals surface area contributed by atoms with Crippen LogP contribution < -0.4 is 5.32 Å². The summed E-state index contributed by atoms with van der Waals surface area (Å²) in [6, 6.07) is -0.372. The lowest BCUT2D eigenvalue weighted by Crippen LogP contribution is -2.28. The first-order valence-corrected chi connectivity index (χ1v) is 4.30. The summed E-state index contributed by atoms with van der Waals surface area (Å²) in [4.78, 5) is 23.3. The molecule has 0 bridgehead atoms.